The second-order valence-electron chi connectivity index (χ2n) is 8.08. The number of aryl methyl sites for hydroxylation is 2. The fraction of sp³-hybridized carbons (Fsp3) is 0.364. The normalized spacial score (nSPS) is 14.4. The number of hydrogen-bond donors (Lipinski definition) is 2. The lowest BCUT2D eigenvalue weighted by molar-refractivity contribution is 0.0987. The summed E-state index contributed by atoms with van der Waals surface area (Å²) in [6.07, 6.45) is 7.89. The van der Waals surface area contributed by atoms with Crippen molar-refractivity contribution in [2.45, 2.75) is 52.5 Å². The number of aromatic nitrogens is 6. The fourth-order valence-corrected chi connectivity index (χ4v) is 3.91. The molecule has 0 radical (unpaired) electrons. The lowest BCUT2D eigenvalue weighted by Gasteiger charge is -2.25. The van der Waals surface area contributed by atoms with E-state index in [0.29, 0.717) is 11.7 Å². The van der Waals surface area contributed by atoms with Gasteiger partial charge in [-0.3, -0.25) is 14.6 Å². The number of carbonyl (C=O) groups is 1. The van der Waals surface area contributed by atoms with E-state index in [4.69, 9.17) is 5.10 Å². The molecule has 0 atom stereocenters. The molecular weight excluding hydrogens is 364 g/mol. The van der Waals surface area contributed by atoms with E-state index in [0.717, 1.165) is 44.8 Å². The zero-order valence-electron chi connectivity index (χ0n) is 16.9. The van der Waals surface area contributed by atoms with Crippen LogP contribution >= 0.6 is 0 Å². The van der Waals surface area contributed by atoms with E-state index in [1.165, 1.54) is 19.3 Å². The molecule has 4 aromatic heterocycles. The lowest BCUT2D eigenvalue weighted by atomic mass is 9.93. The zero-order valence-corrected chi connectivity index (χ0v) is 16.9. The first-order chi connectivity index (χ1) is 14.0. The Labute approximate surface area is 168 Å². The molecule has 0 bridgehead atoms. The standard InChI is InChI=1S/C22H24N6O/c1-12-13(2)25-26-21(12)20(29)8-15-7-16-9-19(24-22(16)23-10-15)18-11-28(27-14(18)3)17-5-4-6-17/h7,9-11,17H,4-6,8H2,1-3H3,(H,23,24)(H,25,26). The van der Waals surface area contributed by atoms with Crippen LogP contribution in [0.25, 0.3) is 22.3 Å². The molecular formula is C22H24N6O. The molecule has 0 amide bonds. The monoisotopic (exact) mass is 388 g/mol. The maximum atomic E-state index is 12.6. The minimum atomic E-state index is 0.00128. The predicted octanol–water partition coefficient (Wildman–Crippen LogP) is 4.23. The number of rotatable bonds is 5. The summed E-state index contributed by atoms with van der Waals surface area (Å²) in [5, 5.41) is 12.7. The van der Waals surface area contributed by atoms with Crippen LogP contribution in [0.4, 0.5) is 0 Å². The molecule has 0 saturated heterocycles. The van der Waals surface area contributed by atoms with Crippen LogP contribution in [0.2, 0.25) is 0 Å². The van der Waals surface area contributed by atoms with Crippen LogP contribution in [-0.4, -0.2) is 35.7 Å². The van der Waals surface area contributed by atoms with Crippen molar-refractivity contribution in [3.05, 3.63) is 52.7 Å². The van der Waals surface area contributed by atoms with Crippen LogP contribution in [-0.2, 0) is 6.42 Å². The van der Waals surface area contributed by atoms with E-state index in [1.54, 1.807) is 6.20 Å². The highest BCUT2D eigenvalue weighted by molar-refractivity contribution is 5.97. The molecule has 0 aliphatic heterocycles. The number of nitrogens with one attached hydrogen (secondary N) is 2. The number of hydrogen-bond acceptors (Lipinski definition) is 4. The summed E-state index contributed by atoms with van der Waals surface area (Å²) in [4.78, 5) is 20.6. The van der Waals surface area contributed by atoms with Crippen LogP contribution in [0.1, 0.15) is 58.3 Å². The topological polar surface area (TPSA) is 92.2 Å². The minimum absolute atomic E-state index is 0.00128. The van der Waals surface area contributed by atoms with Gasteiger partial charge in [0, 0.05) is 41.0 Å². The predicted molar refractivity (Wildman–Crippen MR) is 111 cm³/mol. The summed E-state index contributed by atoms with van der Waals surface area (Å²) in [7, 11) is 0. The molecule has 1 saturated carbocycles. The van der Waals surface area contributed by atoms with Gasteiger partial charge in [0.05, 0.1) is 17.4 Å². The molecule has 7 heteroatoms. The van der Waals surface area contributed by atoms with E-state index in [2.05, 4.69) is 37.1 Å². The first kappa shape index (κ1) is 17.8. The van der Waals surface area contributed by atoms with Crippen LogP contribution in [0.15, 0.2) is 24.5 Å². The Morgan fingerprint density at radius 2 is 2.07 bits per heavy atom. The molecule has 4 heterocycles. The summed E-state index contributed by atoms with van der Waals surface area (Å²) in [5.41, 5.74) is 7.18. The lowest BCUT2D eigenvalue weighted by Crippen LogP contribution is -2.17. The van der Waals surface area contributed by atoms with Crippen molar-refractivity contribution in [3.8, 4) is 11.3 Å². The summed E-state index contributed by atoms with van der Waals surface area (Å²) in [5.74, 6) is 0.00128. The number of aromatic amines is 2. The number of ketones is 1. The van der Waals surface area contributed by atoms with Gasteiger partial charge in [0.1, 0.15) is 11.3 Å². The van der Waals surface area contributed by atoms with Gasteiger partial charge in [0.2, 0.25) is 0 Å². The summed E-state index contributed by atoms with van der Waals surface area (Å²) >= 11 is 0. The number of H-pyrrole nitrogens is 2. The number of carbonyl (C=O) groups excluding carboxylic acids is 1. The number of pyridine rings is 1. The van der Waals surface area contributed by atoms with Crippen molar-refractivity contribution in [1.29, 1.82) is 0 Å². The van der Waals surface area contributed by atoms with Gasteiger partial charge in [0.25, 0.3) is 0 Å². The maximum Gasteiger partial charge on any atom is 0.187 e. The molecule has 4 aromatic rings. The molecule has 29 heavy (non-hydrogen) atoms. The van der Waals surface area contributed by atoms with E-state index in [1.807, 2.05) is 26.8 Å². The first-order valence-corrected chi connectivity index (χ1v) is 10.1. The minimum Gasteiger partial charge on any atom is -0.339 e. The molecule has 5 rings (SSSR count). The van der Waals surface area contributed by atoms with Crippen molar-refractivity contribution in [2.24, 2.45) is 0 Å². The molecule has 0 aromatic carbocycles. The zero-order chi connectivity index (χ0) is 20.1. The van der Waals surface area contributed by atoms with Gasteiger partial charge in [-0.1, -0.05) is 0 Å². The van der Waals surface area contributed by atoms with Gasteiger partial charge in [-0.2, -0.15) is 10.2 Å². The molecule has 1 aliphatic carbocycles. The highest BCUT2D eigenvalue weighted by atomic mass is 16.1. The fourth-order valence-electron chi connectivity index (χ4n) is 3.91. The third kappa shape index (κ3) is 3.06. The average molecular weight is 388 g/mol. The van der Waals surface area contributed by atoms with Crippen molar-refractivity contribution in [3.63, 3.8) is 0 Å². The van der Waals surface area contributed by atoms with Gasteiger partial charge in [-0.05, 0) is 57.7 Å². The molecule has 2 N–H and O–H groups in total. The van der Waals surface area contributed by atoms with Crippen LogP contribution in [0.5, 0.6) is 0 Å². The first-order valence-electron chi connectivity index (χ1n) is 10.1. The Bertz CT molecular complexity index is 1220. The molecule has 1 aliphatic rings. The van der Waals surface area contributed by atoms with Crippen LogP contribution in [0.3, 0.4) is 0 Å². The number of fused-ring (bicyclic) bond motifs is 1. The van der Waals surface area contributed by atoms with Crippen molar-refractivity contribution in [2.75, 3.05) is 0 Å². The SMILES string of the molecule is Cc1nn(C2CCC2)cc1-c1cc2cc(CC(=O)c3n[nH]c(C)c3C)cnc2[nH]1. The highest BCUT2D eigenvalue weighted by Gasteiger charge is 2.22. The van der Waals surface area contributed by atoms with E-state index in [-0.39, 0.29) is 12.2 Å². The van der Waals surface area contributed by atoms with E-state index < -0.39 is 0 Å². The van der Waals surface area contributed by atoms with E-state index >= 15 is 0 Å². The smallest absolute Gasteiger partial charge is 0.187 e. The Morgan fingerprint density at radius 3 is 2.76 bits per heavy atom. The van der Waals surface area contributed by atoms with Crippen molar-refractivity contribution >= 4 is 16.8 Å². The van der Waals surface area contributed by atoms with Gasteiger partial charge in [-0.25, -0.2) is 4.98 Å². The van der Waals surface area contributed by atoms with Crippen molar-refractivity contribution < 1.29 is 4.79 Å². The Hall–Kier alpha value is -3.22. The molecule has 0 unspecified atom stereocenters. The summed E-state index contributed by atoms with van der Waals surface area (Å²) in [6.45, 7) is 5.88. The second kappa shape index (κ2) is 6.69. The van der Waals surface area contributed by atoms with Crippen LogP contribution < -0.4 is 0 Å². The summed E-state index contributed by atoms with van der Waals surface area (Å²) in [6, 6.07) is 4.66. The quantitative estimate of drug-likeness (QED) is 0.501. The number of nitrogens with zero attached hydrogens (tertiary/aromatic N) is 4. The highest BCUT2D eigenvalue weighted by Crippen LogP contribution is 2.34. The molecule has 0 spiro atoms. The molecule has 1 fully saturated rings. The Balaban J connectivity index is 1.42. The number of Topliss-reactive ketones (excluding diaryl/α,β-unsaturated/α-hetero) is 1. The third-order valence-corrected chi connectivity index (χ3v) is 6.06. The molecule has 7 nitrogen and oxygen atoms in total. The third-order valence-electron chi connectivity index (χ3n) is 6.06. The largest absolute Gasteiger partial charge is 0.339 e. The van der Waals surface area contributed by atoms with Crippen molar-refractivity contribution in [1.82, 2.24) is 29.9 Å². The van der Waals surface area contributed by atoms with E-state index in [9.17, 15) is 4.79 Å². The van der Waals surface area contributed by atoms with Gasteiger partial charge in [0.15, 0.2) is 5.78 Å². The van der Waals surface area contributed by atoms with Gasteiger partial charge in [-0.15, -0.1) is 0 Å². The Kier molecular flexibility index (Phi) is 4.12. The van der Waals surface area contributed by atoms with Crippen LogP contribution in [0, 0.1) is 20.8 Å². The second-order valence-corrected chi connectivity index (χ2v) is 8.08. The Morgan fingerprint density at radius 1 is 1.24 bits per heavy atom. The van der Waals surface area contributed by atoms with Gasteiger partial charge >= 0.3 is 0 Å². The molecule has 148 valence electrons. The summed E-state index contributed by atoms with van der Waals surface area (Å²) < 4.78 is 2.10. The average Bonchev–Trinajstić information content (AvgIpc) is 3.31. The maximum absolute atomic E-state index is 12.6. The van der Waals surface area contributed by atoms with Gasteiger partial charge < -0.3 is 4.98 Å².